The highest BCUT2D eigenvalue weighted by atomic mass is 32.1. The number of benzene rings is 2. The first kappa shape index (κ1) is 15.3. The Balaban J connectivity index is 1.63. The SMILES string of the molecule is c1ccc(CC2(Cc3ccccc3)COc3cscc3OC2)cc1. The molecule has 2 nitrogen and oxygen atoms in total. The number of thiophene rings is 1. The zero-order valence-electron chi connectivity index (χ0n) is 13.5. The van der Waals surface area contributed by atoms with Crippen LogP contribution in [0.1, 0.15) is 11.1 Å². The van der Waals surface area contributed by atoms with Gasteiger partial charge in [-0.2, -0.15) is 0 Å². The highest BCUT2D eigenvalue weighted by Gasteiger charge is 2.36. The molecule has 3 aromatic rings. The van der Waals surface area contributed by atoms with Gasteiger partial charge in [-0.25, -0.2) is 0 Å². The van der Waals surface area contributed by atoms with Crippen LogP contribution in [0.2, 0.25) is 0 Å². The Hall–Kier alpha value is -2.26. The van der Waals surface area contributed by atoms with E-state index in [0.717, 1.165) is 24.3 Å². The number of hydrogen-bond donors (Lipinski definition) is 0. The maximum atomic E-state index is 6.13. The van der Waals surface area contributed by atoms with Crippen molar-refractivity contribution >= 4 is 11.3 Å². The molecule has 122 valence electrons. The molecular weight excluding hydrogens is 316 g/mol. The van der Waals surface area contributed by atoms with Crippen LogP contribution >= 0.6 is 11.3 Å². The predicted octanol–water partition coefficient (Wildman–Crippen LogP) is 4.99. The molecule has 0 fully saturated rings. The second-order valence-electron chi connectivity index (χ2n) is 6.50. The van der Waals surface area contributed by atoms with E-state index in [9.17, 15) is 0 Å². The van der Waals surface area contributed by atoms with Gasteiger partial charge in [0.1, 0.15) is 0 Å². The van der Waals surface area contributed by atoms with Crippen LogP contribution in [0.3, 0.4) is 0 Å². The topological polar surface area (TPSA) is 18.5 Å². The van der Waals surface area contributed by atoms with Crippen molar-refractivity contribution in [2.45, 2.75) is 12.8 Å². The zero-order chi connectivity index (χ0) is 16.2. The van der Waals surface area contributed by atoms with E-state index in [4.69, 9.17) is 9.47 Å². The predicted molar refractivity (Wildman–Crippen MR) is 98.0 cm³/mol. The van der Waals surface area contributed by atoms with Crippen molar-refractivity contribution in [2.24, 2.45) is 5.41 Å². The van der Waals surface area contributed by atoms with Crippen LogP contribution in [0.4, 0.5) is 0 Å². The van der Waals surface area contributed by atoms with E-state index in [1.807, 2.05) is 10.8 Å². The van der Waals surface area contributed by atoms with E-state index in [0.29, 0.717) is 13.2 Å². The fraction of sp³-hybridized carbons (Fsp3) is 0.238. The molecule has 2 aromatic carbocycles. The first-order valence-electron chi connectivity index (χ1n) is 8.23. The normalized spacial score (nSPS) is 15.7. The number of fused-ring (bicyclic) bond motifs is 1. The van der Waals surface area contributed by atoms with Crippen LogP contribution < -0.4 is 9.47 Å². The molecule has 1 aromatic heterocycles. The largest absolute Gasteiger partial charge is 0.488 e. The second-order valence-corrected chi connectivity index (χ2v) is 7.25. The Morgan fingerprint density at radius 3 is 1.62 bits per heavy atom. The van der Waals surface area contributed by atoms with E-state index in [-0.39, 0.29) is 5.41 Å². The van der Waals surface area contributed by atoms with Gasteiger partial charge >= 0.3 is 0 Å². The third-order valence-electron chi connectivity index (χ3n) is 4.50. The summed E-state index contributed by atoms with van der Waals surface area (Å²) in [5.41, 5.74) is 2.58. The highest BCUT2D eigenvalue weighted by Crippen LogP contribution is 2.39. The highest BCUT2D eigenvalue weighted by molar-refractivity contribution is 7.08. The fourth-order valence-corrected chi connectivity index (χ4v) is 4.00. The molecular formula is C21H20O2S. The maximum Gasteiger partial charge on any atom is 0.171 e. The van der Waals surface area contributed by atoms with Crippen molar-refractivity contribution in [3.63, 3.8) is 0 Å². The maximum absolute atomic E-state index is 6.13. The van der Waals surface area contributed by atoms with Crippen LogP contribution in [-0.2, 0) is 12.8 Å². The molecule has 4 rings (SSSR count). The van der Waals surface area contributed by atoms with Gasteiger partial charge in [-0.15, -0.1) is 11.3 Å². The molecule has 0 radical (unpaired) electrons. The average Bonchev–Trinajstić information content (AvgIpc) is 3.01. The van der Waals surface area contributed by atoms with Crippen LogP contribution in [0.15, 0.2) is 71.4 Å². The smallest absolute Gasteiger partial charge is 0.171 e. The average molecular weight is 336 g/mol. The minimum Gasteiger partial charge on any atom is -0.488 e. The third kappa shape index (κ3) is 3.31. The van der Waals surface area contributed by atoms with Gasteiger partial charge in [0.2, 0.25) is 0 Å². The first-order chi connectivity index (χ1) is 11.8. The summed E-state index contributed by atoms with van der Waals surface area (Å²) < 4.78 is 12.3. The van der Waals surface area contributed by atoms with Gasteiger partial charge in [-0.1, -0.05) is 60.7 Å². The van der Waals surface area contributed by atoms with Gasteiger partial charge < -0.3 is 9.47 Å². The standard InChI is InChI=1S/C21H20O2S/c1-3-7-17(8-4-1)11-21(12-18-9-5-2-6-10-18)15-22-19-13-24-14-20(19)23-16-21/h1-10,13-14H,11-12,15-16H2. The van der Waals surface area contributed by atoms with E-state index in [1.54, 1.807) is 11.3 Å². The Bertz CT molecular complexity index is 714. The Morgan fingerprint density at radius 1 is 0.708 bits per heavy atom. The molecule has 0 amide bonds. The van der Waals surface area contributed by atoms with E-state index in [1.165, 1.54) is 11.1 Å². The molecule has 0 atom stereocenters. The second kappa shape index (κ2) is 6.70. The number of rotatable bonds is 4. The van der Waals surface area contributed by atoms with Gasteiger partial charge in [-0.05, 0) is 24.0 Å². The molecule has 0 aliphatic carbocycles. The van der Waals surface area contributed by atoms with Gasteiger partial charge in [0.25, 0.3) is 0 Å². The van der Waals surface area contributed by atoms with E-state index < -0.39 is 0 Å². The molecule has 1 aliphatic heterocycles. The summed E-state index contributed by atoms with van der Waals surface area (Å²) >= 11 is 1.62. The van der Waals surface area contributed by atoms with Crippen LogP contribution in [0.5, 0.6) is 11.5 Å². The number of ether oxygens (including phenoxy) is 2. The van der Waals surface area contributed by atoms with Gasteiger partial charge in [-0.3, -0.25) is 0 Å². The van der Waals surface area contributed by atoms with Gasteiger partial charge in [0, 0.05) is 16.2 Å². The molecule has 24 heavy (non-hydrogen) atoms. The van der Waals surface area contributed by atoms with Gasteiger partial charge in [0.15, 0.2) is 11.5 Å². The van der Waals surface area contributed by atoms with Crippen molar-refractivity contribution in [1.82, 2.24) is 0 Å². The lowest BCUT2D eigenvalue weighted by atomic mass is 9.78. The van der Waals surface area contributed by atoms with E-state index in [2.05, 4.69) is 60.7 Å². The summed E-state index contributed by atoms with van der Waals surface area (Å²) in [5, 5.41) is 4.05. The van der Waals surface area contributed by atoms with E-state index >= 15 is 0 Å². The van der Waals surface area contributed by atoms with Crippen LogP contribution in [0, 0.1) is 5.41 Å². The van der Waals surface area contributed by atoms with Crippen LogP contribution in [0.25, 0.3) is 0 Å². The quantitative estimate of drug-likeness (QED) is 0.668. The van der Waals surface area contributed by atoms with Crippen molar-refractivity contribution in [3.05, 3.63) is 82.6 Å². The summed E-state index contributed by atoms with van der Waals surface area (Å²) in [4.78, 5) is 0. The number of hydrogen-bond acceptors (Lipinski definition) is 3. The van der Waals surface area contributed by atoms with Crippen molar-refractivity contribution in [2.75, 3.05) is 13.2 Å². The van der Waals surface area contributed by atoms with Gasteiger partial charge in [0.05, 0.1) is 13.2 Å². The minimum absolute atomic E-state index is 0.0700. The molecule has 0 spiro atoms. The van der Waals surface area contributed by atoms with Crippen molar-refractivity contribution in [3.8, 4) is 11.5 Å². The Labute approximate surface area is 146 Å². The Kier molecular flexibility index (Phi) is 4.26. The molecule has 2 heterocycles. The fourth-order valence-electron chi connectivity index (χ4n) is 3.31. The summed E-state index contributed by atoms with van der Waals surface area (Å²) in [6.07, 6.45) is 1.88. The molecule has 3 heteroatoms. The summed E-state index contributed by atoms with van der Waals surface area (Å²) in [5.74, 6) is 1.76. The zero-order valence-corrected chi connectivity index (χ0v) is 14.3. The molecule has 1 aliphatic rings. The summed E-state index contributed by atoms with van der Waals surface area (Å²) in [6.45, 7) is 1.33. The monoisotopic (exact) mass is 336 g/mol. The molecule has 0 saturated carbocycles. The minimum atomic E-state index is -0.0700. The van der Waals surface area contributed by atoms with Crippen molar-refractivity contribution < 1.29 is 9.47 Å². The molecule has 0 unspecified atom stereocenters. The van der Waals surface area contributed by atoms with Crippen molar-refractivity contribution in [1.29, 1.82) is 0 Å². The molecule has 0 N–H and O–H groups in total. The summed E-state index contributed by atoms with van der Waals surface area (Å²) in [7, 11) is 0. The lowest BCUT2D eigenvalue weighted by Crippen LogP contribution is -2.38. The van der Waals surface area contributed by atoms with Crippen LogP contribution in [-0.4, -0.2) is 13.2 Å². The Morgan fingerprint density at radius 2 is 1.17 bits per heavy atom. The molecule has 0 saturated heterocycles. The first-order valence-corrected chi connectivity index (χ1v) is 9.17. The summed E-state index contributed by atoms with van der Waals surface area (Å²) in [6, 6.07) is 21.3. The molecule has 0 bridgehead atoms. The lowest BCUT2D eigenvalue weighted by Gasteiger charge is -2.31. The third-order valence-corrected chi connectivity index (χ3v) is 5.20. The lowest BCUT2D eigenvalue weighted by molar-refractivity contribution is 0.103.